The van der Waals surface area contributed by atoms with Crippen LogP contribution in [0.5, 0.6) is 5.75 Å². The molecule has 0 saturated carbocycles. The SMILES string of the molecule is CCOc1ccc(/C=C/C2=[N+](B(F)F)C(=C\c3ccc(-c4ccc[nH]4)[nH]3)/C=C2)cc1. The number of rotatable bonds is 7. The summed E-state index contributed by atoms with van der Waals surface area (Å²) in [6.45, 7) is 2.53. The van der Waals surface area contributed by atoms with Crippen LogP contribution in [0.3, 0.4) is 0 Å². The maximum Gasteiger partial charge on any atom is 0.935 e. The number of hydrogen-bond donors (Lipinski definition) is 2. The van der Waals surface area contributed by atoms with E-state index < -0.39 is 7.40 Å². The third-order valence-corrected chi connectivity index (χ3v) is 4.71. The molecule has 0 aliphatic carbocycles. The fourth-order valence-electron chi connectivity index (χ4n) is 3.29. The topological polar surface area (TPSA) is 43.8 Å². The number of nitrogens with one attached hydrogen (secondary N) is 2. The zero-order valence-corrected chi connectivity index (χ0v) is 16.5. The summed E-state index contributed by atoms with van der Waals surface area (Å²) in [5.74, 6) is 0.784. The number of allylic oxidation sites excluding steroid dienone is 3. The fraction of sp³-hybridized carbons (Fsp3) is 0.0870. The number of nitrogens with zero attached hydrogens (tertiary/aromatic N) is 1. The Balaban J connectivity index is 1.57. The van der Waals surface area contributed by atoms with Gasteiger partial charge in [-0.15, -0.1) is 0 Å². The maximum absolute atomic E-state index is 13.8. The average Bonchev–Trinajstić information content (AvgIpc) is 3.49. The Labute approximate surface area is 174 Å². The van der Waals surface area contributed by atoms with Crippen molar-refractivity contribution in [2.45, 2.75) is 6.92 Å². The lowest BCUT2D eigenvalue weighted by Crippen LogP contribution is -2.23. The normalized spacial score (nSPS) is 15.0. The van der Waals surface area contributed by atoms with Gasteiger partial charge in [0.15, 0.2) is 11.4 Å². The van der Waals surface area contributed by atoms with Gasteiger partial charge in [0.25, 0.3) is 0 Å². The van der Waals surface area contributed by atoms with Crippen molar-refractivity contribution in [3.8, 4) is 17.1 Å². The molecular formula is C23H21BF2N3O+. The molecule has 2 aromatic heterocycles. The number of ether oxygens (including phenoxy) is 1. The van der Waals surface area contributed by atoms with Crippen LogP contribution in [-0.4, -0.2) is 34.2 Å². The summed E-state index contributed by atoms with van der Waals surface area (Å²) < 4.78 is 34.0. The van der Waals surface area contributed by atoms with Crippen molar-refractivity contribution in [3.63, 3.8) is 0 Å². The standard InChI is InChI=1S/C23H20BF2N3O/c1-2-30-21-12-6-17(7-13-21)5-9-19-10-11-20(29(19)24(25)26)16-18-8-14-23(28-18)22-4-3-15-27-22/h3-16H,2H2,1H3,(H,27,28)/p+1/b9-5+. The molecule has 1 aromatic carbocycles. The van der Waals surface area contributed by atoms with E-state index in [0.29, 0.717) is 18.0 Å². The highest BCUT2D eigenvalue weighted by Crippen LogP contribution is 2.21. The first-order valence-corrected chi connectivity index (χ1v) is 9.72. The Hall–Kier alpha value is -3.61. The van der Waals surface area contributed by atoms with Crippen molar-refractivity contribution >= 4 is 25.3 Å². The number of halogens is 2. The van der Waals surface area contributed by atoms with Gasteiger partial charge in [0.05, 0.1) is 18.0 Å². The van der Waals surface area contributed by atoms with E-state index >= 15 is 0 Å². The minimum absolute atomic E-state index is 0.427. The fourth-order valence-corrected chi connectivity index (χ4v) is 3.29. The van der Waals surface area contributed by atoms with E-state index in [2.05, 4.69) is 9.97 Å². The summed E-state index contributed by atoms with van der Waals surface area (Å²) >= 11 is 0. The largest absolute Gasteiger partial charge is 0.935 e. The second kappa shape index (κ2) is 8.82. The van der Waals surface area contributed by atoms with E-state index in [4.69, 9.17) is 4.74 Å². The average molecular weight is 404 g/mol. The van der Waals surface area contributed by atoms with Crippen LogP contribution in [0.4, 0.5) is 8.63 Å². The van der Waals surface area contributed by atoms with E-state index in [1.54, 1.807) is 24.3 Å². The minimum Gasteiger partial charge on any atom is -0.494 e. The predicted molar refractivity (Wildman–Crippen MR) is 118 cm³/mol. The van der Waals surface area contributed by atoms with Gasteiger partial charge >= 0.3 is 7.40 Å². The molecule has 150 valence electrons. The monoisotopic (exact) mass is 404 g/mol. The van der Waals surface area contributed by atoms with Gasteiger partial charge in [-0.3, -0.25) is 0 Å². The van der Waals surface area contributed by atoms with Crippen LogP contribution in [0.2, 0.25) is 0 Å². The molecule has 0 spiro atoms. The number of H-pyrrole nitrogens is 2. The van der Waals surface area contributed by atoms with Crippen molar-refractivity contribution in [1.29, 1.82) is 0 Å². The molecule has 30 heavy (non-hydrogen) atoms. The molecule has 7 heteroatoms. The molecule has 0 unspecified atom stereocenters. The molecular weight excluding hydrogens is 383 g/mol. The van der Waals surface area contributed by atoms with Gasteiger partial charge in [-0.1, -0.05) is 12.1 Å². The van der Waals surface area contributed by atoms with Crippen LogP contribution >= 0.6 is 0 Å². The highest BCUT2D eigenvalue weighted by atomic mass is 19.2. The second-order valence-electron chi connectivity index (χ2n) is 6.72. The Morgan fingerprint density at radius 1 is 1.00 bits per heavy atom. The lowest BCUT2D eigenvalue weighted by molar-refractivity contribution is -0.339. The quantitative estimate of drug-likeness (QED) is 0.508. The molecule has 1 aliphatic heterocycles. The molecule has 0 atom stereocenters. The number of aromatic amines is 2. The maximum atomic E-state index is 13.8. The molecule has 2 N–H and O–H groups in total. The first-order chi connectivity index (χ1) is 14.6. The van der Waals surface area contributed by atoms with Crippen molar-refractivity contribution in [2.75, 3.05) is 6.61 Å². The van der Waals surface area contributed by atoms with Crippen LogP contribution in [0.25, 0.3) is 23.5 Å². The molecule has 0 saturated heterocycles. The van der Waals surface area contributed by atoms with Gasteiger partial charge < -0.3 is 14.7 Å². The Morgan fingerprint density at radius 2 is 1.83 bits per heavy atom. The highest BCUT2D eigenvalue weighted by Gasteiger charge is 2.41. The lowest BCUT2D eigenvalue weighted by Gasteiger charge is -2.02. The van der Waals surface area contributed by atoms with Crippen LogP contribution in [0, 0.1) is 0 Å². The van der Waals surface area contributed by atoms with Gasteiger partial charge in [-0.05, 0) is 55.0 Å². The van der Waals surface area contributed by atoms with Crippen molar-refractivity contribution in [2.24, 2.45) is 0 Å². The van der Waals surface area contributed by atoms with E-state index in [1.165, 1.54) is 0 Å². The van der Waals surface area contributed by atoms with Gasteiger partial charge in [0.2, 0.25) is 0 Å². The summed E-state index contributed by atoms with van der Waals surface area (Å²) in [6.07, 6.45) is 10.4. The number of hydrogen-bond acceptors (Lipinski definition) is 1. The van der Waals surface area contributed by atoms with E-state index in [1.807, 2.05) is 67.7 Å². The molecule has 3 aromatic rings. The molecule has 4 nitrogen and oxygen atoms in total. The zero-order chi connectivity index (χ0) is 20.9. The molecule has 0 amide bonds. The predicted octanol–water partition coefficient (Wildman–Crippen LogP) is 5.41. The molecule has 4 rings (SSSR count). The Bertz CT molecular complexity index is 1120. The Morgan fingerprint density at radius 3 is 2.53 bits per heavy atom. The molecule has 3 heterocycles. The zero-order valence-electron chi connectivity index (χ0n) is 16.5. The third kappa shape index (κ3) is 4.35. The van der Waals surface area contributed by atoms with Crippen LogP contribution in [-0.2, 0) is 0 Å². The van der Waals surface area contributed by atoms with Crippen molar-refractivity contribution < 1.29 is 17.9 Å². The molecule has 0 radical (unpaired) electrons. The summed E-state index contributed by atoms with van der Waals surface area (Å²) in [5, 5.41) is 0. The highest BCUT2D eigenvalue weighted by molar-refractivity contribution is 6.35. The van der Waals surface area contributed by atoms with Gasteiger partial charge in [0.1, 0.15) is 5.75 Å². The summed E-state index contributed by atoms with van der Waals surface area (Å²) in [6, 6.07) is 15.2. The summed E-state index contributed by atoms with van der Waals surface area (Å²) in [7, 11) is -2.65. The first-order valence-electron chi connectivity index (χ1n) is 9.72. The Kier molecular flexibility index (Phi) is 5.79. The van der Waals surface area contributed by atoms with E-state index in [-0.39, 0.29) is 0 Å². The number of aromatic nitrogens is 2. The van der Waals surface area contributed by atoms with Crippen LogP contribution in [0.1, 0.15) is 18.2 Å². The first kappa shape index (κ1) is 19.7. The van der Waals surface area contributed by atoms with Crippen LogP contribution in [0.15, 0.2) is 78.7 Å². The van der Waals surface area contributed by atoms with Gasteiger partial charge in [0, 0.05) is 36.2 Å². The third-order valence-electron chi connectivity index (χ3n) is 4.71. The second-order valence-corrected chi connectivity index (χ2v) is 6.72. The van der Waals surface area contributed by atoms with Gasteiger partial charge in [-0.2, -0.15) is 0 Å². The lowest BCUT2D eigenvalue weighted by atomic mass is 10.1. The van der Waals surface area contributed by atoms with Crippen molar-refractivity contribution in [3.05, 3.63) is 89.9 Å². The van der Waals surface area contributed by atoms with E-state index in [0.717, 1.165) is 32.9 Å². The molecule has 1 aliphatic rings. The smallest absolute Gasteiger partial charge is 0.494 e. The molecule has 0 bridgehead atoms. The van der Waals surface area contributed by atoms with Crippen molar-refractivity contribution in [1.82, 2.24) is 9.97 Å². The number of benzene rings is 1. The summed E-state index contributed by atoms with van der Waals surface area (Å²) in [5.41, 5.74) is 4.36. The molecule has 0 fully saturated rings. The summed E-state index contributed by atoms with van der Waals surface area (Å²) in [4.78, 5) is 6.36. The minimum atomic E-state index is -2.65. The van der Waals surface area contributed by atoms with Crippen LogP contribution < -0.4 is 4.74 Å². The van der Waals surface area contributed by atoms with E-state index in [9.17, 15) is 8.63 Å². The van der Waals surface area contributed by atoms with Gasteiger partial charge in [-0.25, -0.2) is 13.1 Å².